The van der Waals surface area contributed by atoms with Gasteiger partial charge in [-0.3, -0.25) is 0 Å². The van der Waals surface area contributed by atoms with Crippen molar-refractivity contribution in [2.24, 2.45) is 7.05 Å². The molecule has 4 heterocycles. The molecule has 0 aliphatic carbocycles. The predicted octanol–water partition coefficient (Wildman–Crippen LogP) is 4.36. The number of fused-ring (bicyclic) bond motifs is 1. The van der Waals surface area contributed by atoms with Gasteiger partial charge in [0.2, 0.25) is 5.88 Å². The first kappa shape index (κ1) is 30.5. The van der Waals surface area contributed by atoms with Gasteiger partial charge in [0.1, 0.15) is 34.3 Å². The van der Waals surface area contributed by atoms with Gasteiger partial charge in [-0.05, 0) is 45.4 Å². The van der Waals surface area contributed by atoms with E-state index in [1.807, 2.05) is 51.4 Å². The molecular formula is C25H30ClF2N7O5. The van der Waals surface area contributed by atoms with Gasteiger partial charge in [0.05, 0.1) is 25.6 Å². The van der Waals surface area contributed by atoms with E-state index in [0.29, 0.717) is 35.6 Å². The van der Waals surface area contributed by atoms with Crippen LogP contribution in [0.5, 0.6) is 11.6 Å². The number of aliphatic carboxylic acids is 1. The highest BCUT2D eigenvalue weighted by Crippen LogP contribution is 2.33. The number of carboxylic acids is 1. The monoisotopic (exact) mass is 581 g/mol. The number of carboxylic acid groups (broad SMARTS) is 1. The summed E-state index contributed by atoms with van der Waals surface area (Å²) in [6, 6.07) is 7.44. The molecule has 4 rings (SSSR count). The van der Waals surface area contributed by atoms with E-state index in [9.17, 15) is 13.9 Å². The van der Waals surface area contributed by atoms with Crippen LogP contribution in [0.3, 0.4) is 0 Å². The van der Waals surface area contributed by atoms with Crippen LogP contribution >= 0.6 is 11.6 Å². The van der Waals surface area contributed by atoms with Gasteiger partial charge in [-0.1, -0.05) is 0 Å². The smallest absolute Gasteiger partial charge is 0.417 e. The van der Waals surface area contributed by atoms with Crippen LogP contribution in [0.2, 0.25) is 0 Å². The highest BCUT2D eigenvalue weighted by Gasteiger charge is 2.35. The number of methoxy groups -OCH3 is 1. The highest BCUT2D eigenvalue weighted by molar-refractivity contribution is 6.30. The highest BCUT2D eigenvalue weighted by atomic mass is 35.5. The Kier molecular flexibility index (Phi) is 9.15. The quantitative estimate of drug-likeness (QED) is 0.256. The van der Waals surface area contributed by atoms with E-state index in [1.165, 1.54) is 0 Å². The molecule has 4 aromatic heterocycles. The number of pyridine rings is 1. The number of ether oxygens (including phenoxy) is 2. The molecule has 0 bridgehead atoms. The third kappa shape index (κ3) is 7.54. The number of aliphatic hydroxyl groups is 1. The first-order chi connectivity index (χ1) is 18.6. The van der Waals surface area contributed by atoms with Crippen LogP contribution in [0.1, 0.15) is 26.5 Å². The fraction of sp³-hybridized carbons (Fsp3) is 0.400. The van der Waals surface area contributed by atoms with Crippen molar-refractivity contribution in [3.63, 3.8) is 0 Å². The molecule has 0 aromatic carbocycles. The first-order valence-corrected chi connectivity index (χ1v) is 12.3. The minimum atomic E-state index is -4.11. The van der Waals surface area contributed by atoms with Gasteiger partial charge in [0.15, 0.2) is 5.82 Å². The summed E-state index contributed by atoms with van der Waals surface area (Å²) in [7, 11) is 3.53. The van der Waals surface area contributed by atoms with Crippen molar-refractivity contribution in [3.8, 4) is 23.1 Å². The molecule has 0 saturated heterocycles. The fourth-order valence-electron chi connectivity index (χ4n) is 3.46. The third-order valence-corrected chi connectivity index (χ3v) is 5.44. The van der Waals surface area contributed by atoms with Gasteiger partial charge in [0.25, 0.3) is 0 Å². The lowest BCUT2D eigenvalue weighted by Gasteiger charge is -2.22. The van der Waals surface area contributed by atoms with Gasteiger partial charge < -0.3 is 29.6 Å². The average molecular weight is 582 g/mol. The number of anilines is 2. The Morgan fingerprint density at radius 3 is 2.45 bits per heavy atom. The normalized spacial score (nSPS) is 11.7. The summed E-state index contributed by atoms with van der Waals surface area (Å²) in [6.45, 7) is 8.29. The van der Waals surface area contributed by atoms with Gasteiger partial charge in [-0.25, -0.2) is 19.4 Å². The van der Waals surface area contributed by atoms with Gasteiger partial charge in [-0.2, -0.15) is 18.9 Å². The minimum absolute atomic E-state index is 0.0728. The largest absolute Gasteiger partial charge is 0.487 e. The van der Waals surface area contributed by atoms with Gasteiger partial charge in [-0.15, -0.1) is 0 Å². The summed E-state index contributed by atoms with van der Waals surface area (Å²) in [5, 5.41) is 21.6. The van der Waals surface area contributed by atoms with E-state index in [4.69, 9.17) is 24.4 Å². The zero-order chi connectivity index (χ0) is 29.8. The zero-order valence-electron chi connectivity index (χ0n) is 22.7. The molecule has 12 nitrogen and oxygen atoms in total. The van der Waals surface area contributed by atoms with Crippen LogP contribution < -0.4 is 14.8 Å². The topological polar surface area (TPSA) is 149 Å². The molecular weight excluding hydrogens is 552 g/mol. The summed E-state index contributed by atoms with van der Waals surface area (Å²) in [6.07, 6.45) is 1.61. The molecule has 4 aromatic rings. The van der Waals surface area contributed by atoms with E-state index < -0.39 is 11.4 Å². The number of alkyl halides is 3. The number of carbonyl (C=O) groups is 1. The van der Waals surface area contributed by atoms with E-state index in [-0.39, 0.29) is 12.2 Å². The van der Waals surface area contributed by atoms with Crippen LogP contribution in [0.15, 0.2) is 30.5 Å². The molecule has 15 heteroatoms. The Bertz CT molecular complexity index is 1500. The number of hydrogen-bond donors (Lipinski definition) is 3. The average Bonchev–Trinajstić information content (AvgIpc) is 3.39. The van der Waals surface area contributed by atoms with E-state index in [0.717, 1.165) is 22.5 Å². The van der Waals surface area contributed by atoms with Crippen LogP contribution in [-0.4, -0.2) is 70.2 Å². The molecule has 40 heavy (non-hydrogen) atoms. The van der Waals surface area contributed by atoms with E-state index >= 15 is 0 Å². The Labute approximate surface area is 233 Å². The maximum Gasteiger partial charge on any atom is 0.417 e. The molecule has 0 spiro atoms. The van der Waals surface area contributed by atoms with Crippen molar-refractivity contribution < 1.29 is 33.3 Å². The van der Waals surface area contributed by atoms with Crippen LogP contribution in [0.4, 0.5) is 20.4 Å². The number of nitrogens with one attached hydrogen (secondary N) is 1. The van der Waals surface area contributed by atoms with Crippen molar-refractivity contribution in [3.05, 3.63) is 36.2 Å². The SMILES string of the molecule is COc1ccnc(-c2cc(Nc3cc(OC(C)(C)C)c4cc(C)n(C)c4n3)n(CCO)n2)n1.O=C(O)C(F)(F)Cl. The lowest BCUT2D eigenvalue weighted by atomic mass is 10.2. The number of rotatable bonds is 8. The first-order valence-electron chi connectivity index (χ1n) is 11.9. The van der Waals surface area contributed by atoms with Crippen molar-refractivity contribution in [2.75, 3.05) is 19.0 Å². The number of hydrogen-bond acceptors (Lipinski definition) is 9. The molecule has 0 amide bonds. The van der Waals surface area contributed by atoms with Gasteiger partial charge in [0, 0.05) is 37.1 Å². The lowest BCUT2D eigenvalue weighted by Crippen LogP contribution is -2.23. The standard InChI is InChI=1S/C23H29N7O3.C2HClF2O2/c1-14-11-15-17(33-23(2,3)4)13-18(26-22(15)29(14)5)25-19-12-16(28-30(19)9-10-31)21-24-8-7-20(27-21)32-6;3-2(4,5)1(6)7/h7-8,11-13,31H,9-10H2,1-6H3,(H,25,26);(H,6,7). The van der Waals surface area contributed by atoms with Crippen molar-refractivity contribution >= 4 is 40.2 Å². The maximum absolute atomic E-state index is 11.0. The van der Waals surface area contributed by atoms with Crippen LogP contribution in [-0.2, 0) is 18.4 Å². The summed E-state index contributed by atoms with van der Waals surface area (Å²) in [5.41, 5.74) is 2.06. The van der Waals surface area contributed by atoms with Crippen LogP contribution in [0.25, 0.3) is 22.6 Å². The summed E-state index contributed by atoms with van der Waals surface area (Å²) in [5.74, 6) is 0.524. The number of aliphatic hydroxyl groups excluding tert-OH is 1. The Hall–Kier alpha value is -4.04. The lowest BCUT2D eigenvalue weighted by molar-refractivity contribution is -0.153. The van der Waals surface area contributed by atoms with E-state index in [2.05, 4.69) is 38.1 Å². The molecule has 0 aliphatic rings. The number of halogens is 3. The minimum Gasteiger partial charge on any atom is -0.487 e. The number of aryl methyl sites for hydroxylation is 2. The van der Waals surface area contributed by atoms with Crippen molar-refractivity contribution in [2.45, 2.75) is 45.2 Å². The Morgan fingerprint density at radius 2 is 1.88 bits per heavy atom. The second kappa shape index (κ2) is 12.0. The molecule has 0 radical (unpaired) electrons. The third-order valence-electron chi connectivity index (χ3n) is 5.28. The molecule has 0 unspecified atom stereocenters. The van der Waals surface area contributed by atoms with Crippen molar-refractivity contribution in [1.29, 1.82) is 0 Å². The molecule has 216 valence electrons. The molecule has 0 aliphatic heterocycles. The summed E-state index contributed by atoms with van der Waals surface area (Å²) < 4.78 is 37.1. The van der Waals surface area contributed by atoms with Gasteiger partial charge >= 0.3 is 11.4 Å². The molecule has 0 fully saturated rings. The molecule has 0 atom stereocenters. The van der Waals surface area contributed by atoms with Crippen LogP contribution in [0, 0.1) is 6.92 Å². The number of nitrogens with zero attached hydrogens (tertiary/aromatic N) is 6. The maximum atomic E-state index is 11.0. The van der Waals surface area contributed by atoms with E-state index in [1.54, 1.807) is 24.1 Å². The molecule has 3 N–H and O–H groups in total. The van der Waals surface area contributed by atoms with Crippen molar-refractivity contribution in [1.82, 2.24) is 29.3 Å². The predicted molar refractivity (Wildman–Crippen MR) is 144 cm³/mol. The zero-order valence-corrected chi connectivity index (χ0v) is 23.5. The number of aromatic nitrogens is 6. The molecule has 0 saturated carbocycles. The summed E-state index contributed by atoms with van der Waals surface area (Å²) in [4.78, 5) is 22.6. The Balaban J connectivity index is 0.000000559. The Morgan fingerprint density at radius 1 is 1.20 bits per heavy atom. The summed E-state index contributed by atoms with van der Waals surface area (Å²) >= 11 is 3.94. The second-order valence-electron chi connectivity index (χ2n) is 9.51. The second-order valence-corrected chi connectivity index (χ2v) is 9.99. The fourth-order valence-corrected chi connectivity index (χ4v) is 3.46.